The second-order valence-corrected chi connectivity index (χ2v) is 3.78. The molecule has 1 atom stereocenters. The molecule has 2 N–H and O–H groups in total. The van der Waals surface area contributed by atoms with Crippen LogP contribution < -0.4 is 10.5 Å². The van der Waals surface area contributed by atoms with Crippen LogP contribution >= 0.6 is 11.6 Å². The van der Waals surface area contributed by atoms with E-state index in [1.54, 1.807) is 6.07 Å². The molecule has 1 aromatic carbocycles. The molecule has 1 aliphatic heterocycles. The minimum Gasteiger partial charge on any atom is -0.490 e. The van der Waals surface area contributed by atoms with Crippen molar-refractivity contribution < 1.29 is 9.13 Å². The fourth-order valence-electron chi connectivity index (χ4n) is 1.62. The van der Waals surface area contributed by atoms with Crippen molar-refractivity contribution in [3.8, 4) is 5.75 Å². The van der Waals surface area contributed by atoms with Crippen LogP contribution in [0.25, 0.3) is 0 Å². The van der Waals surface area contributed by atoms with Crippen LogP contribution in [-0.2, 0) is 0 Å². The second-order valence-electron chi connectivity index (χ2n) is 3.38. The summed E-state index contributed by atoms with van der Waals surface area (Å²) >= 11 is 5.65. The van der Waals surface area contributed by atoms with Crippen molar-refractivity contribution in [3.05, 3.63) is 28.5 Å². The summed E-state index contributed by atoms with van der Waals surface area (Å²) in [4.78, 5) is 0. The van der Waals surface area contributed by atoms with Gasteiger partial charge in [-0.05, 0) is 18.9 Å². The largest absolute Gasteiger partial charge is 0.490 e. The summed E-state index contributed by atoms with van der Waals surface area (Å²) in [7, 11) is 0. The summed E-state index contributed by atoms with van der Waals surface area (Å²) in [6.45, 7) is 0.498. The van der Waals surface area contributed by atoms with Gasteiger partial charge in [-0.2, -0.15) is 0 Å². The number of halogens is 2. The smallest absolute Gasteiger partial charge is 0.183 e. The molecule has 0 bridgehead atoms. The zero-order valence-electron chi connectivity index (χ0n) is 7.59. The highest BCUT2D eigenvalue weighted by Crippen LogP contribution is 2.35. The Hall–Kier alpha value is -0.800. The first-order valence-electron chi connectivity index (χ1n) is 4.56. The number of nitrogens with two attached hydrogens (primary N) is 1. The molecule has 1 heterocycles. The molecule has 2 nitrogen and oxygen atoms in total. The van der Waals surface area contributed by atoms with Gasteiger partial charge in [-0.25, -0.2) is 4.39 Å². The lowest BCUT2D eigenvalue weighted by Gasteiger charge is -2.12. The van der Waals surface area contributed by atoms with E-state index in [9.17, 15) is 4.39 Å². The molecule has 0 aromatic heterocycles. The minimum atomic E-state index is -0.499. The van der Waals surface area contributed by atoms with Crippen molar-refractivity contribution in [1.82, 2.24) is 0 Å². The van der Waals surface area contributed by atoms with Crippen molar-refractivity contribution in [3.63, 3.8) is 0 Å². The molecule has 1 unspecified atom stereocenters. The Labute approximate surface area is 86.8 Å². The van der Waals surface area contributed by atoms with Crippen molar-refractivity contribution >= 4 is 11.6 Å². The average molecular weight is 216 g/mol. The SMILES string of the molecule is NC1CCCOc2c1ccc(Cl)c2F. The topological polar surface area (TPSA) is 35.2 Å². The van der Waals surface area contributed by atoms with Gasteiger partial charge >= 0.3 is 0 Å². The van der Waals surface area contributed by atoms with Crippen LogP contribution in [0.1, 0.15) is 24.4 Å². The molecule has 0 fully saturated rings. The van der Waals surface area contributed by atoms with Gasteiger partial charge in [0.25, 0.3) is 0 Å². The van der Waals surface area contributed by atoms with Crippen molar-refractivity contribution in [2.75, 3.05) is 6.61 Å². The van der Waals surface area contributed by atoms with Gasteiger partial charge in [0, 0.05) is 11.6 Å². The van der Waals surface area contributed by atoms with Crippen molar-refractivity contribution in [2.24, 2.45) is 5.73 Å². The summed E-state index contributed by atoms with van der Waals surface area (Å²) in [5.41, 5.74) is 6.59. The molecule has 0 saturated heterocycles. The molecule has 1 aromatic rings. The molecule has 0 aliphatic carbocycles. The first-order valence-corrected chi connectivity index (χ1v) is 4.94. The van der Waals surface area contributed by atoms with Gasteiger partial charge in [-0.15, -0.1) is 0 Å². The molecular weight excluding hydrogens is 205 g/mol. The number of ether oxygens (including phenoxy) is 1. The van der Waals surface area contributed by atoms with Crippen LogP contribution in [0.5, 0.6) is 5.75 Å². The van der Waals surface area contributed by atoms with Crippen LogP contribution in [0.3, 0.4) is 0 Å². The summed E-state index contributed by atoms with van der Waals surface area (Å²) in [6, 6.07) is 3.10. The zero-order chi connectivity index (χ0) is 10.1. The molecule has 14 heavy (non-hydrogen) atoms. The van der Waals surface area contributed by atoms with Gasteiger partial charge in [0.05, 0.1) is 11.6 Å². The molecule has 0 saturated carbocycles. The van der Waals surface area contributed by atoms with E-state index >= 15 is 0 Å². The van der Waals surface area contributed by atoms with Gasteiger partial charge in [-0.3, -0.25) is 0 Å². The molecule has 4 heteroatoms. The third-order valence-electron chi connectivity index (χ3n) is 2.39. The molecule has 76 valence electrons. The first-order chi connectivity index (χ1) is 6.70. The van der Waals surface area contributed by atoms with Crippen LogP contribution in [0.4, 0.5) is 4.39 Å². The highest BCUT2D eigenvalue weighted by Gasteiger charge is 2.21. The molecule has 0 amide bonds. The quantitative estimate of drug-likeness (QED) is 0.722. The molecule has 2 rings (SSSR count). The maximum Gasteiger partial charge on any atom is 0.183 e. The van der Waals surface area contributed by atoms with Crippen LogP contribution in [0, 0.1) is 5.82 Å². The van der Waals surface area contributed by atoms with Crippen LogP contribution in [0.2, 0.25) is 5.02 Å². The predicted molar refractivity (Wildman–Crippen MR) is 53.1 cm³/mol. The number of rotatable bonds is 0. The molecular formula is C10H11ClFNO. The third-order valence-corrected chi connectivity index (χ3v) is 2.68. The van der Waals surface area contributed by atoms with E-state index in [1.807, 2.05) is 0 Å². The standard InChI is InChI=1S/C10H11ClFNO/c11-7-4-3-6-8(13)2-1-5-14-10(6)9(7)12/h3-4,8H,1-2,5,13H2. The van der Waals surface area contributed by atoms with E-state index in [1.165, 1.54) is 6.07 Å². The maximum atomic E-state index is 13.5. The van der Waals surface area contributed by atoms with Gasteiger partial charge in [-0.1, -0.05) is 17.7 Å². The van der Waals surface area contributed by atoms with E-state index < -0.39 is 5.82 Å². The normalized spacial score (nSPS) is 20.9. The van der Waals surface area contributed by atoms with E-state index in [4.69, 9.17) is 22.1 Å². The molecule has 1 aliphatic rings. The maximum absolute atomic E-state index is 13.5. The van der Waals surface area contributed by atoms with Gasteiger partial charge < -0.3 is 10.5 Å². The molecule has 0 radical (unpaired) electrons. The lowest BCUT2D eigenvalue weighted by molar-refractivity contribution is 0.301. The summed E-state index contributed by atoms with van der Waals surface area (Å²) in [5, 5.41) is 0.0813. The second kappa shape index (κ2) is 3.75. The highest BCUT2D eigenvalue weighted by molar-refractivity contribution is 6.30. The first kappa shape index (κ1) is 9.74. The van der Waals surface area contributed by atoms with Gasteiger partial charge in [0.2, 0.25) is 0 Å². The van der Waals surface area contributed by atoms with E-state index in [2.05, 4.69) is 0 Å². The Morgan fingerprint density at radius 2 is 2.29 bits per heavy atom. The number of hydrogen-bond donors (Lipinski definition) is 1. The Kier molecular flexibility index (Phi) is 2.61. The predicted octanol–water partition coefficient (Wildman–Crippen LogP) is 2.65. The number of fused-ring (bicyclic) bond motifs is 1. The van der Waals surface area contributed by atoms with Crippen LogP contribution in [-0.4, -0.2) is 6.61 Å². The number of hydrogen-bond acceptors (Lipinski definition) is 2. The molecule has 0 spiro atoms. The Morgan fingerprint density at radius 1 is 1.50 bits per heavy atom. The minimum absolute atomic E-state index is 0.0813. The van der Waals surface area contributed by atoms with Crippen molar-refractivity contribution in [1.29, 1.82) is 0 Å². The highest BCUT2D eigenvalue weighted by atomic mass is 35.5. The number of benzene rings is 1. The Bertz CT molecular complexity index is 356. The summed E-state index contributed by atoms with van der Waals surface area (Å²) in [5.74, 6) is -0.274. The van der Waals surface area contributed by atoms with E-state index in [0.29, 0.717) is 12.2 Å². The summed E-state index contributed by atoms with van der Waals surface area (Å²) < 4.78 is 18.8. The fourth-order valence-corrected chi connectivity index (χ4v) is 1.77. The lowest BCUT2D eigenvalue weighted by atomic mass is 10.0. The van der Waals surface area contributed by atoms with Crippen molar-refractivity contribution in [2.45, 2.75) is 18.9 Å². The third kappa shape index (κ3) is 1.57. The van der Waals surface area contributed by atoms with Gasteiger partial charge in [0.15, 0.2) is 11.6 Å². The summed E-state index contributed by atoms with van der Waals surface area (Å²) in [6.07, 6.45) is 1.65. The lowest BCUT2D eigenvalue weighted by Crippen LogP contribution is -2.09. The van der Waals surface area contributed by atoms with E-state index in [0.717, 1.165) is 12.8 Å². The van der Waals surface area contributed by atoms with E-state index in [-0.39, 0.29) is 16.8 Å². The average Bonchev–Trinajstić information content (AvgIpc) is 2.35. The van der Waals surface area contributed by atoms with Gasteiger partial charge in [0.1, 0.15) is 0 Å². The fraction of sp³-hybridized carbons (Fsp3) is 0.400. The monoisotopic (exact) mass is 215 g/mol. The zero-order valence-corrected chi connectivity index (χ0v) is 8.35. The Morgan fingerprint density at radius 3 is 3.07 bits per heavy atom. The van der Waals surface area contributed by atoms with Crippen LogP contribution in [0.15, 0.2) is 12.1 Å². The Balaban J connectivity index is 2.53.